The molecule has 17 heavy (non-hydrogen) atoms. The van der Waals surface area contributed by atoms with Crippen molar-refractivity contribution < 1.29 is 4.74 Å². The van der Waals surface area contributed by atoms with Gasteiger partial charge in [-0.25, -0.2) is 0 Å². The molecule has 2 saturated heterocycles. The number of piperazine rings is 1. The smallest absolute Gasteiger partial charge is 0.0588 e. The van der Waals surface area contributed by atoms with E-state index in [-0.39, 0.29) is 0 Å². The Kier molecular flexibility index (Phi) is 4.83. The molecule has 2 fully saturated rings. The quantitative estimate of drug-likeness (QED) is 0.795. The molecule has 2 rings (SSSR count). The first-order valence-corrected chi connectivity index (χ1v) is 7.37. The zero-order chi connectivity index (χ0) is 12.1. The third-order valence-electron chi connectivity index (χ3n) is 4.60. The van der Waals surface area contributed by atoms with Crippen molar-refractivity contribution in [2.45, 2.75) is 57.6 Å². The summed E-state index contributed by atoms with van der Waals surface area (Å²) in [7, 11) is 0. The second-order valence-corrected chi connectivity index (χ2v) is 5.61. The van der Waals surface area contributed by atoms with Crippen LogP contribution in [0.4, 0.5) is 0 Å². The summed E-state index contributed by atoms with van der Waals surface area (Å²) in [6.45, 7) is 10.4. The highest BCUT2D eigenvalue weighted by Crippen LogP contribution is 2.21. The molecule has 0 bridgehead atoms. The molecule has 0 radical (unpaired) electrons. The largest absolute Gasteiger partial charge is 0.378 e. The highest BCUT2D eigenvalue weighted by molar-refractivity contribution is 4.92. The number of nitrogens with one attached hydrogen (secondary N) is 1. The predicted octanol–water partition coefficient (Wildman–Crippen LogP) is 2.02. The summed E-state index contributed by atoms with van der Waals surface area (Å²) in [5.74, 6) is 0. The molecular weight excluding hydrogens is 212 g/mol. The first-order chi connectivity index (χ1) is 8.28. The summed E-state index contributed by atoms with van der Waals surface area (Å²) in [4.78, 5) is 2.63. The molecule has 2 aliphatic heterocycles. The molecule has 0 saturated carbocycles. The van der Waals surface area contributed by atoms with Gasteiger partial charge in [0.25, 0.3) is 0 Å². The van der Waals surface area contributed by atoms with Crippen molar-refractivity contribution in [3.63, 3.8) is 0 Å². The zero-order valence-electron chi connectivity index (χ0n) is 11.5. The van der Waals surface area contributed by atoms with Gasteiger partial charge in [-0.2, -0.15) is 0 Å². The van der Waals surface area contributed by atoms with Gasteiger partial charge in [0.05, 0.1) is 6.10 Å². The lowest BCUT2D eigenvalue weighted by Crippen LogP contribution is -2.60. The molecule has 3 nitrogen and oxygen atoms in total. The Hall–Kier alpha value is -0.120. The van der Waals surface area contributed by atoms with Crippen molar-refractivity contribution in [2.75, 3.05) is 32.8 Å². The molecule has 2 aliphatic rings. The lowest BCUT2D eigenvalue weighted by atomic mass is 9.90. The van der Waals surface area contributed by atoms with E-state index in [9.17, 15) is 0 Å². The van der Waals surface area contributed by atoms with Crippen LogP contribution in [0, 0.1) is 0 Å². The number of ether oxygens (including phenoxy) is 1. The highest BCUT2D eigenvalue weighted by Gasteiger charge is 2.31. The Bertz CT molecular complexity index is 222. The molecule has 0 amide bonds. The average Bonchev–Trinajstić information content (AvgIpc) is 2.90. The van der Waals surface area contributed by atoms with Crippen molar-refractivity contribution in [1.82, 2.24) is 10.2 Å². The molecule has 0 aromatic heterocycles. The number of hydrogen-bond acceptors (Lipinski definition) is 3. The van der Waals surface area contributed by atoms with Gasteiger partial charge < -0.3 is 15.0 Å². The third kappa shape index (κ3) is 3.43. The molecule has 0 spiro atoms. The van der Waals surface area contributed by atoms with Gasteiger partial charge in [-0.15, -0.1) is 0 Å². The first kappa shape index (κ1) is 13.3. The Morgan fingerprint density at radius 3 is 2.82 bits per heavy atom. The van der Waals surface area contributed by atoms with Gasteiger partial charge in [0.2, 0.25) is 0 Å². The summed E-state index contributed by atoms with van der Waals surface area (Å²) in [6.07, 6.45) is 6.78. The summed E-state index contributed by atoms with van der Waals surface area (Å²) >= 11 is 0. The van der Waals surface area contributed by atoms with Crippen molar-refractivity contribution in [2.24, 2.45) is 0 Å². The fourth-order valence-corrected chi connectivity index (χ4v) is 3.16. The molecule has 3 heteroatoms. The summed E-state index contributed by atoms with van der Waals surface area (Å²) in [5.41, 5.74) is 0.370. The lowest BCUT2D eigenvalue weighted by molar-refractivity contribution is 0.0734. The van der Waals surface area contributed by atoms with E-state index in [0.717, 1.165) is 13.2 Å². The van der Waals surface area contributed by atoms with E-state index < -0.39 is 0 Å². The van der Waals surface area contributed by atoms with Crippen LogP contribution >= 0.6 is 0 Å². The topological polar surface area (TPSA) is 24.5 Å². The predicted molar refractivity (Wildman–Crippen MR) is 71.3 cm³/mol. The Morgan fingerprint density at radius 2 is 2.18 bits per heavy atom. The van der Waals surface area contributed by atoms with Gasteiger partial charge in [0.15, 0.2) is 0 Å². The van der Waals surface area contributed by atoms with Crippen LogP contribution in [-0.4, -0.2) is 49.3 Å². The number of hydrogen-bond donors (Lipinski definition) is 1. The molecule has 0 aliphatic carbocycles. The number of nitrogens with zero attached hydrogens (tertiary/aromatic N) is 1. The molecule has 0 aromatic rings. The Balaban J connectivity index is 1.76. The maximum absolute atomic E-state index is 5.71. The van der Waals surface area contributed by atoms with Gasteiger partial charge >= 0.3 is 0 Å². The van der Waals surface area contributed by atoms with E-state index in [1.54, 1.807) is 0 Å². The number of rotatable bonds is 5. The van der Waals surface area contributed by atoms with Gasteiger partial charge in [0, 0.05) is 38.3 Å². The van der Waals surface area contributed by atoms with Crippen LogP contribution in [0.3, 0.4) is 0 Å². The van der Waals surface area contributed by atoms with Gasteiger partial charge in [-0.3, -0.25) is 0 Å². The maximum Gasteiger partial charge on any atom is 0.0588 e. The molecule has 1 atom stereocenters. The fourth-order valence-electron chi connectivity index (χ4n) is 3.16. The van der Waals surface area contributed by atoms with E-state index in [4.69, 9.17) is 4.74 Å². The van der Waals surface area contributed by atoms with E-state index in [0.29, 0.717) is 11.6 Å². The molecule has 1 unspecified atom stereocenters. The van der Waals surface area contributed by atoms with Crippen molar-refractivity contribution in [3.8, 4) is 0 Å². The zero-order valence-corrected chi connectivity index (χ0v) is 11.5. The highest BCUT2D eigenvalue weighted by atomic mass is 16.5. The minimum atomic E-state index is 0.370. The summed E-state index contributed by atoms with van der Waals surface area (Å²) in [6, 6.07) is 0. The molecular formula is C14H28N2O. The second kappa shape index (κ2) is 6.17. The maximum atomic E-state index is 5.71. The van der Waals surface area contributed by atoms with Crippen LogP contribution in [-0.2, 0) is 4.74 Å². The molecule has 1 N–H and O–H groups in total. The van der Waals surface area contributed by atoms with E-state index in [2.05, 4.69) is 24.1 Å². The second-order valence-electron chi connectivity index (χ2n) is 5.61. The van der Waals surface area contributed by atoms with Crippen LogP contribution in [0.15, 0.2) is 0 Å². The molecule has 100 valence electrons. The van der Waals surface area contributed by atoms with Crippen molar-refractivity contribution in [3.05, 3.63) is 0 Å². The fraction of sp³-hybridized carbons (Fsp3) is 1.00. The van der Waals surface area contributed by atoms with Crippen LogP contribution in [0.25, 0.3) is 0 Å². The van der Waals surface area contributed by atoms with Crippen LogP contribution in [0.2, 0.25) is 0 Å². The van der Waals surface area contributed by atoms with Crippen LogP contribution in [0.1, 0.15) is 46.0 Å². The third-order valence-corrected chi connectivity index (χ3v) is 4.60. The Morgan fingerprint density at radius 1 is 1.35 bits per heavy atom. The standard InChI is InChI=1S/C14H28N2O/c1-3-14(4-2)12-16(10-8-15-14)9-7-13-6-5-11-17-13/h13,15H,3-12H2,1-2H3. The van der Waals surface area contributed by atoms with Gasteiger partial charge in [-0.1, -0.05) is 13.8 Å². The molecule has 0 aromatic carbocycles. The minimum absolute atomic E-state index is 0.370. The van der Waals surface area contributed by atoms with Crippen molar-refractivity contribution in [1.29, 1.82) is 0 Å². The Labute approximate surface area is 106 Å². The first-order valence-electron chi connectivity index (χ1n) is 7.37. The monoisotopic (exact) mass is 240 g/mol. The van der Waals surface area contributed by atoms with E-state index in [1.807, 2.05) is 0 Å². The van der Waals surface area contributed by atoms with Gasteiger partial charge in [0.1, 0.15) is 0 Å². The summed E-state index contributed by atoms with van der Waals surface area (Å²) in [5, 5.41) is 3.72. The van der Waals surface area contributed by atoms with Crippen molar-refractivity contribution >= 4 is 0 Å². The van der Waals surface area contributed by atoms with Crippen LogP contribution < -0.4 is 5.32 Å². The molecule has 2 heterocycles. The minimum Gasteiger partial charge on any atom is -0.378 e. The van der Waals surface area contributed by atoms with Crippen LogP contribution in [0.5, 0.6) is 0 Å². The normalized spacial score (nSPS) is 29.6. The average molecular weight is 240 g/mol. The summed E-state index contributed by atoms with van der Waals surface area (Å²) < 4.78 is 5.71. The van der Waals surface area contributed by atoms with E-state index in [1.165, 1.54) is 51.7 Å². The van der Waals surface area contributed by atoms with E-state index >= 15 is 0 Å². The van der Waals surface area contributed by atoms with Gasteiger partial charge in [-0.05, 0) is 32.1 Å². The SMILES string of the molecule is CCC1(CC)CN(CCC2CCCO2)CCN1. The lowest BCUT2D eigenvalue weighted by Gasteiger charge is -2.43.